The Bertz CT molecular complexity index is 1780. The highest BCUT2D eigenvalue weighted by atomic mass is 16.6. The molecule has 3 atom stereocenters. The number of aromatic nitrogens is 2. The fourth-order valence-corrected chi connectivity index (χ4v) is 6.86. The van der Waals surface area contributed by atoms with Crippen LogP contribution in [-0.4, -0.2) is 34.0 Å². The van der Waals surface area contributed by atoms with Crippen LogP contribution in [0.15, 0.2) is 48.5 Å². The Morgan fingerprint density at radius 3 is 2.47 bits per heavy atom. The van der Waals surface area contributed by atoms with Gasteiger partial charge in [0, 0.05) is 35.2 Å². The van der Waals surface area contributed by atoms with Crippen LogP contribution < -0.4 is 5.32 Å². The average molecular weight is 451 g/mol. The van der Waals surface area contributed by atoms with Crippen molar-refractivity contribution < 1.29 is 19.1 Å². The lowest BCUT2D eigenvalue weighted by molar-refractivity contribution is -0.235. The summed E-state index contributed by atoms with van der Waals surface area (Å²) in [7, 11) is 1.57. The molecule has 8 rings (SSSR count). The fraction of sp³-hybridized carbons (Fsp3) is 0.259. The molecule has 3 aromatic carbocycles. The molecule has 0 radical (unpaired) electrons. The van der Waals surface area contributed by atoms with Crippen LogP contribution in [0.5, 0.6) is 0 Å². The van der Waals surface area contributed by atoms with E-state index in [4.69, 9.17) is 9.47 Å². The highest BCUT2D eigenvalue weighted by Crippen LogP contribution is 2.53. The number of hydrogen-bond donors (Lipinski definition) is 1. The maximum atomic E-state index is 13.5. The van der Waals surface area contributed by atoms with E-state index in [-0.39, 0.29) is 18.1 Å². The van der Waals surface area contributed by atoms with Gasteiger partial charge in [0.25, 0.3) is 5.91 Å². The summed E-state index contributed by atoms with van der Waals surface area (Å²) in [6.07, 6.45) is -1.05. The first-order valence-electron chi connectivity index (χ1n) is 11.6. The molecule has 3 aliphatic heterocycles. The SMILES string of the molecule is CO[C@@H]1C(=O)C[C@H]2O[C@]1(C)n1c3ccccc3c3c4c(c5c6ccccc6n2c5c31)C(=O)NC4. The van der Waals surface area contributed by atoms with Crippen molar-refractivity contribution >= 4 is 55.3 Å². The molecule has 5 heterocycles. The molecule has 0 spiro atoms. The van der Waals surface area contributed by atoms with E-state index >= 15 is 0 Å². The van der Waals surface area contributed by atoms with Gasteiger partial charge >= 0.3 is 0 Å². The number of nitrogens with zero attached hydrogens (tertiary/aromatic N) is 2. The first-order valence-corrected chi connectivity index (χ1v) is 11.6. The fourth-order valence-electron chi connectivity index (χ4n) is 6.86. The van der Waals surface area contributed by atoms with Crippen LogP contribution in [0.1, 0.15) is 35.5 Å². The van der Waals surface area contributed by atoms with Gasteiger partial charge in [-0.2, -0.15) is 0 Å². The number of rotatable bonds is 1. The van der Waals surface area contributed by atoms with Gasteiger partial charge in [0.2, 0.25) is 0 Å². The predicted octanol–water partition coefficient (Wildman–Crippen LogP) is 4.34. The van der Waals surface area contributed by atoms with Gasteiger partial charge < -0.3 is 23.9 Å². The highest BCUT2D eigenvalue weighted by molar-refractivity contribution is 6.31. The monoisotopic (exact) mass is 451 g/mol. The maximum absolute atomic E-state index is 13.5. The van der Waals surface area contributed by atoms with Crippen molar-refractivity contribution in [2.45, 2.75) is 37.9 Å². The second-order valence-corrected chi connectivity index (χ2v) is 9.64. The van der Waals surface area contributed by atoms with E-state index in [0.29, 0.717) is 6.54 Å². The van der Waals surface area contributed by atoms with E-state index in [1.807, 2.05) is 37.3 Å². The summed E-state index contributed by atoms with van der Waals surface area (Å²) in [5, 5.41) is 7.08. The van der Waals surface area contributed by atoms with E-state index < -0.39 is 18.1 Å². The van der Waals surface area contributed by atoms with Crippen LogP contribution in [0.4, 0.5) is 0 Å². The van der Waals surface area contributed by atoms with E-state index in [9.17, 15) is 9.59 Å². The molecular formula is C27H21N3O4. The number of amides is 1. The minimum absolute atomic E-state index is 0.0104. The largest absolute Gasteiger partial charge is 0.369 e. The van der Waals surface area contributed by atoms with Gasteiger partial charge in [-0.1, -0.05) is 36.4 Å². The number of carbonyl (C=O) groups excluding carboxylic acids is 2. The topological polar surface area (TPSA) is 74.5 Å². The van der Waals surface area contributed by atoms with Crippen molar-refractivity contribution in [3.8, 4) is 0 Å². The molecule has 2 bridgehead atoms. The summed E-state index contributed by atoms with van der Waals surface area (Å²) in [6.45, 7) is 2.43. The highest BCUT2D eigenvalue weighted by Gasteiger charge is 2.53. The van der Waals surface area contributed by atoms with Crippen molar-refractivity contribution in [2.24, 2.45) is 0 Å². The number of nitrogens with one attached hydrogen (secondary N) is 1. The van der Waals surface area contributed by atoms with E-state index in [2.05, 4.69) is 32.7 Å². The van der Waals surface area contributed by atoms with Gasteiger partial charge in [0.1, 0.15) is 6.23 Å². The van der Waals surface area contributed by atoms with E-state index in [0.717, 1.165) is 54.7 Å². The van der Waals surface area contributed by atoms with Crippen LogP contribution in [0, 0.1) is 0 Å². The molecule has 1 amide bonds. The molecule has 1 N–H and O–H groups in total. The number of carbonyl (C=O) groups is 2. The third kappa shape index (κ3) is 1.87. The Morgan fingerprint density at radius 2 is 1.71 bits per heavy atom. The summed E-state index contributed by atoms with van der Waals surface area (Å²) in [6, 6.07) is 16.3. The molecule has 1 saturated heterocycles. The van der Waals surface area contributed by atoms with Gasteiger partial charge in [-0.15, -0.1) is 0 Å². The smallest absolute Gasteiger partial charge is 0.252 e. The molecule has 2 aromatic heterocycles. The summed E-state index contributed by atoms with van der Waals surface area (Å²) in [5.74, 6) is -0.0435. The second-order valence-electron chi connectivity index (χ2n) is 9.64. The third-order valence-corrected chi connectivity index (χ3v) is 8.01. The Labute approximate surface area is 193 Å². The summed E-state index contributed by atoms with van der Waals surface area (Å²) in [4.78, 5) is 26.7. The molecule has 3 aliphatic rings. The molecule has 5 aromatic rings. The van der Waals surface area contributed by atoms with Gasteiger partial charge in [-0.25, -0.2) is 0 Å². The lowest BCUT2D eigenvalue weighted by atomic mass is 9.96. The Kier molecular flexibility index (Phi) is 3.23. The number of benzene rings is 3. The molecule has 1 fully saturated rings. The Balaban J connectivity index is 1.76. The van der Waals surface area contributed by atoms with Gasteiger partial charge in [0.05, 0.1) is 34.1 Å². The molecule has 7 nitrogen and oxygen atoms in total. The van der Waals surface area contributed by atoms with Gasteiger partial charge in [-0.05, 0) is 24.6 Å². The number of methoxy groups -OCH3 is 1. The molecule has 168 valence electrons. The number of hydrogen-bond acceptors (Lipinski definition) is 4. The molecule has 0 saturated carbocycles. The predicted molar refractivity (Wildman–Crippen MR) is 128 cm³/mol. The molecule has 34 heavy (non-hydrogen) atoms. The van der Waals surface area contributed by atoms with Crippen molar-refractivity contribution in [1.82, 2.24) is 14.5 Å². The maximum Gasteiger partial charge on any atom is 0.252 e. The van der Waals surface area contributed by atoms with Crippen molar-refractivity contribution in [1.29, 1.82) is 0 Å². The van der Waals surface area contributed by atoms with Crippen LogP contribution in [-0.2, 0) is 26.5 Å². The number of para-hydroxylation sites is 2. The average Bonchev–Trinajstić information content (AvgIpc) is 3.46. The van der Waals surface area contributed by atoms with Gasteiger partial charge in [0.15, 0.2) is 17.6 Å². The lowest BCUT2D eigenvalue weighted by Crippen LogP contribution is -2.54. The van der Waals surface area contributed by atoms with Crippen LogP contribution in [0.3, 0.4) is 0 Å². The van der Waals surface area contributed by atoms with E-state index in [1.165, 1.54) is 0 Å². The van der Waals surface area contributed by atoms with Crippen LogP contribution in [0.2, 0.25) is 0 Å². The zero-order chi connectivity index (χ0) is 22.9. The molecule has 0 aliphatic carbocycles. The number of fused-ring (bicyclic) bond motifs is 13. The third-order valence-electron chi connectivity index (χ3n) is 8.01. The van der Waals surface area contributed by atoms with Crippen LogP contribution in [0.25, 0.3) is 43.6 Å². The van der Waals surface area contributed by atoms with Gasteiger partial charge in [-0.3, -0.25) is 9.59 Å². The number of Topliss-reactive ketones (excluding diaryl/α,β-unsaturated/α-hetero) is 1. The van der Waals surface area contributed by atoms with Crippen molar-refractivity contribution in [3.05, 3.63) is 59.7 Å². The van der Waals surface area contributed by atoms with Crippen LogP contribution >= 0.6 is 0 Å². The lowest BCUT2D eigenvalue weighted by Gasteiger charge is -2.43. The van der Waals surface area contributed by atoms with Crippen molar-refractivity contribution in [2.75, 3.05) is 7.11 Å². The zero-order valence-corrected chi connectivity index (χ0v) is 18.7. The Morgan fingerprint density at radius 1 is 1.00 bits per heavy atom. The summed E-state index contributed by atoms with van der Waals surface area (Å²) in [5.41, 5.74) is 4.55. The molecule has 7 heteroatoms. The van der Waals surface area contributed by atoms with Crippen molar-refractivity contribution in [3.63, 3.8) is 0 Å². The molecular weight excluding hydrogens is 430 g/mol. The quantitative estimate of drug-likeness (QED) is 0.412. The summed E-state index contributed by atoms with van der Waals surface area (Å²) >= 11 is 0. The minimum Gasteiger partial charge on any atom is -0.369 e. The molecule has 0 unspecified atom stereocenters. The normalized spacial score (nSPS) is 25.6. The van der Waals surface area contributed by atoms with E-state index in [1.54, 1.807) is 7.11 Å². The standard InChI is InChI=1S/C27H21N3O4/c1-27-25(33-2)18(31)11-19(34-27)29-16-9-5-3-7-13(16)21-22-15(12-28-26(22)32)20-14-8-4-6-10-17(14)30(27)24(20)23(21)29/h3-10,19,25H,11-12H2,1-2H3,(H,28,32)/t19-,25-,27+/m1/s1. The first-order chi connectivity index (χ1) is 16.5. The second kappa shape index (κ2) is 5.87. The zero-order valence-electron chi connectivity index (χ0n) is 18.7. The number of ketones is 1. The first kappa shape index (κ1) is 18.7. The summed E-state index contributed by atoms with van der Waals surface area (Å²) < 4.78 is 16.9. The minimum atomic E-state index is -1.05. The Hall–Kier alpha value is -3.68. The number of ether oxygens (including phenoxy) is 2.